The first-order valence-electron chi connectivity index (χ1n) is 9.36. The van der Waals surface area contributed by atoms with Gasteiger partial charge in [-0.2, -0.15) is 16.9 Å². The first kappa shape index (κ1) is 19.7. The summed E-state index contributed by atoms with van der Waals surface area (Å²) in [6.45, 7) is 3.35. The molecule has 1 amide bonds. The summed E-state index contributed by atoms with van der Waals surface area (Å²) in [5, 5.41) is 4.49. The van der Waals surface area contributed by atoms with Gasteiger partial charge in [0.25, 0.3) is 0 Å². The first-order valence-corrected chi connectivity index (χ1v) is 10.5. The molecule has 0 bridgehead atoms. The van der Waals surface area contributed by atoms with Crippen molar-refractivity contribution in [3.05, 3.63) is 46.6 Å². The largest absolute Gasteiger partial charge is 0.350 e. The third-order valence-electron chi connectivity index (χ3n) is 4.95. The topological polar surface area (TPSA) is 86.2 Å². The van der Waals surface area contributed by atoms with E-state index >= 15 is 0 Å². The summed E-state index contributed by atoms with van der Waals surface area (Å²) in [5.41, 5.74) is 6.71. The molecule has 1 atom stereocenters. The summed E-state index contributed by atoms with van der Waals surface area (Å²) in [5.74, 6) is 2.55. The minimum absolute atomic E-state index is 0.0240. The van der Waals surface area contributed by atoms with Gasteiger partial charge in [0.05, 0.1) is 11.7 Å². The second-order valence-corrected chi connectivity index (χ2v) is 8.12. The first-order chi connectivity index (χ1) is 13.0. The lowest BCUT2D eigenvalue weighted by Gasteiger charge is -2.33. The maximum atomic E-state index is 12.6. The van der Waals surface area contributed by atoms with E-state index in [0.717, 1.165) is 30.1 Å². The molecule has 0 spiro atoms. The number of aryl methyl sites for hydroxylation is 1. The second-order valence-electron chi connectivity index (χ2n) is 6.80. The van der Waals surface area contributed by atoms with Gasteiger partial charge in [0, 0.05) is 31.8 Å². The number of hydrogen-bond acceptors (Lipinski definition) is 5. The maximum absolute atomic E-state index is 12.6. The number of nitrogens with zero attached hydrogens (tertiary/aromatic N) is 4. The Morgan fingerprint density at radius 2 is 1.96 bits per heavy atom. The third kappa shape index (κ3) is 4.27. The van der Waals surface area contributed by atoms with E-state index in [2.05, 4.69) is 12.0 Å². The van der Waals surface area contributed by atoms with Gasteiger partial charge in [0.2, 0.25) is 5.91 Å². The Labute approximate surface area is 163 Å². The molecule has 1 aliphatic rings. The summed E-state index contributed by atoms with van der Waals surface area (Å²) in [6.07, 6.45) is 1.56. The molecule has 27 heavy (non-hydrogen) atoms. The van der Waals surface area contributed by atoms with Crippen LogP contribution in [0.5, 0.6) is 0 Å². The predicted octanol–water partition coefficient (Wildman–Crippen LogP) is 1.36. The molecule has 146 valence electrons. The van der Waals surface area contributed by atoms with Crippen molar-refractivity contribution in [2.24, 2.45) is 12.8 Å². The van der Waals surface area contributed by atoms with E-state index in [4.69, 9.17) is 5.73 Å². The van der Waals surface area contributed by atoms with Crippen LogP contribution in [-0.2, 0) is 11.8 Å². The van der Waals surface area contributed by atoms with Gasteiger partial charge < -0.3 is 10.6 Å². The Hall–Kier alpha value is -2.06. The molecule has 1 aromatic carbocycles. The molecule has 0 saturated carbocycles. The van der Waals surface area contributed by atoms with Crippen LogP contribution >= 0.6 is 11.8 Å². The lowest BCUT2D eigenvalue weighted by Crippen LogP contribution is -2.48. The van der Waals surface area contributed by atoms with Crippen molar-refractivity contribution in [2.45, 2.75) is 31.7 Å². The zero-order chi connectivity index (χ0) is 19.4. The molecule has 3 rings (SSSR count). The van der Waals surface area contributed by atoms with Gasteiger partial charge in [-0.25, -0.2) is 14.0 Å². The minimum Gasteiger partial charge on any atom is -0.341 e. The van der Waals surface area contributed by atoms with Gasteiger partial charge >= 0.3 is 5.69 Å². The molecule has 8 heteroatoms. The summed E-state index contributed by atoms with van der Waals surface area (Å²) >= 11 is 1.69. The van der Waals surface area contributed by atoms with Crippen LogP contribution in [0.15, 0.2) is 35.1 Å². The highest BCUT2D eigenvalue weighted by Crippen LogP contribution is 2.27. The summed E-state index contributed by atoms with van der Waals surface area (Å²) in [4.78, 5) is 26.9. The molecule has 2 heterocycles. The number of rotatable bonds is 6. The predicted molar refractivity (Wildman–Crippen MR) is 108 cm³/mol. The Balaban J connectivity index is 1.73. The normalized spacial score (nSPS) is 16.5. The third-order valence-corrected chi connectivity index (χ3v) is 5.96. The SMILES string of the molecule is CCSCC(N)C(=O)N1CCC(c2nn(C)c(=O)n2-c2ccccc2)CC1. The molecular formula is C19H27N5O2S. The zero-order valence-electron chi connectivity index (χ0n) is 15.9. The number of amides is 1. The van der Waals surface area contributed by atoms with Crippen LogP contribution < -0.4 is 11.4 Å². The highest BCUT2D eigenvalue weighted by atomic mass is 32.2. The molecule has 1 saturated heterocycles. The van der Waals surface area contributed by atoms with Crippen LogP contribution in [0.25, 0.3) is 5.69 Å². The Kier molecular flexibility index (Phi) is 6.38. The lowest BCUT2D eigenvalue weighted by atomic mass is 9.95. The van der Waals surface area contributed by atoms with Crippen LogP contribution in [-0.4, -0.2) is 55.8 Å². The van der Waals surface area contributed by atoms with E-state index in [1.165, 1.54) is 4.68 Å². The van der Waals surface area contributed by atoms with Crippen LogP contribution in [0.1, 0.15) is 31.5 Å². The Bertz CT molecular complexity index is 824. The molecular weight excluding hydrogens is 362 g/mol. The second kappa shape index (κ2) is 8.75. The maximum Gasteiger partial charge on any atom is 0.350 e. The number of piperidine rings is 1. The van der Waals surface area contributed by atoms with Crippen molar-refractivity contribution >= 4 is 17.7 Å². The number of likely N-dealkylation sites (tertiary alicyclic amines) is 1. The molecule has 7 nitrogen and oxygen atoms in total. The standard InChI is InChI=1S/C19H27N5O2S/c1-3-27-13-16(20)18(25)23-11-9-14(10-12-23)17-21-22(2)19(26)24(17)15-7-5-4-6-8-15/h4-8,14,16H,3,9-13,20H2,1-2H3. The lowest BCUT2D eigenvalue weighted by molar-refractivity contribution is -0.133. The molecule has 1 aromatic heterocycles. The molecule has 2 aromatic rings. The van der Waals surface area contributed by atoms with Gasteiger partial charge in [-0.15, -0.1) is 0 Å². The number of para-hydroxylation sites is 1. The van der Waals surface area contributed by atoms with E-state index in [0.29, 0.717) is 18.8 Å². The van der Waals surface area contributed by atoms with Crippen molar-refractivity contribution in [2.75, 3.05) is 24.6 Å². The number of carbonyl (C=O) groups excluding carboxylic acids is 1. The average Bonchev–Trinajstić information content (AvgIpc) is 3.01. The van der Waals surface area contributed by atoms with E-state index in [9.17, 15) is 9.59 Å². The highest BCUT2D eigenvalue weighted by Gasteiger charge is 2.30. The summed E-state index contributed by atoms with van der Waals surface area (Å²) < 4.78 is 3.07. The molecule has 0 radical (unpaired) electrons. The van der Waals surface area contributed by atoms with Crippen LogP contribution in [0.2, 0.25) is 0 Å². The van der Waals surface area contributed by atoms with Crippen LogP contribution in [0.3, 0.4) is 0 Å². The van der Waals surface area contributed by atoms with Crippen molar-refractivity contribution in [1.29, 1.82) is 0 Å². The van der Waals surface area contributed by atoms with Crippen molar-refractivity contribution in [1.82, 2.24) is 19.2 Å². The van der Waals surface area contributed by atoms with E-state index in [-0.39, 0.29) is 17.5 Å². The fourth-order valence-corrected chi connectivity index (χ4v) is 4.11. The molecule has 1 fully saturated rings. The minimum atomic E-state index is -0.441. The quantitative estimate of drug-likeness (QED) is 0.806. The Morgan fingerprint density at radius 3 is 2.59 bits per heavy atom. The smallest absolute Gasteiger partial charge is 0.341 e. The van der Waals surface area contributed by atoms with E-state index in [1.807, 2.05) is 35.2 Å². The zero-order valence-corrected chi connectivity index (χ0v) is 16.7. The molecule has 1 aliphatic heterocycles. The molecule has 2 N–H and O–H groups in total. The van der Waals surface area contributed by atoms with Gasteiger partial charge in [-0.3, -0.25) is 4.79 Å². The number of hydrogen-bond donors (Lipinski definition) is 1. The van der Waals surface area contributed by atoms with Crippen molar-refractivity contribution < 1.29 is 4.79 Å². The fourth-order valence-electron chi connectivity index (χ4n) is 3.48. The number of benzene rings is 1. The van der Waals surface area contributed by atoms with Crippen LogP contribution in [0, 0.1) is 0 Å². The van der Waals surface area contributed by atoms with Crippen molar-refractivity contribution in [3.63, 3.8) is 0 Å². The van der Waals surface area contributed by atoms with Gasteiger partial charge in [0.15, 0.2) is 0 Å². The van der Waals surface area contributed by atoms with Crippen LogP contribution in [0.4, 0.5) is 0 Å². The number of aromatic nitrogens is 3. The summed E-state index contributed by atoms with van der Waals surface area (Å²) in [6, 6.07) is 9.13. The van der Waals surface area contributed by atoms with Gasteiger partial charge in [-0.05, 0) is 30.7 Å². The number of thioether (sulfide) groups is 1. The fraction of sp³-hybridized carbons (Fsp3) is 0.526. The van der Waals surface area contributed by atoms with Crippen molar-refractivity contribution in [3.8, 4) is 5.69 Å². The van der Waals surface area contributed by atoms with Gasteiger partial charge in [0.1, 0.15) is 5.82 Å². The average molecular weight is 390 g/mol. The van der Waals surface area contributed by atoms with Gasteiger partial charge in [-0.1, -0.05) is 25.1 Å². The van der Waals surface area contributed by atoms with E-state index < -0.39 is 6.04 Å². The monoisotopic (exact) mass is 389 g/mol. The Morgan fingerprint density at radius 1 is 1.30 bits per heavy atom. The summed E-state index contributed by atoms with van der Waals surface area (Å²) in [7, 11) is 1.67. The molecule has 0 aliphatic carbocycles. The molecule has 1 unspecified atom stereocenters. The highest BCUT2D eigenvalue weighted by molar-refractivity contribution is 7.99. The number of carbonyl (C=O) groups is 1. The van der Waals surface area contributed by atoms with E-state index in [1.54, 1.807) is 23.4 Å². The number of nitrogens with two attached hydrogens (primary N) is 1.